The summed E-state index contributed by atoms with van der Waals surface area (Å²) < 4.78 is 0. The quantitative estimate of drug-likeness (QED) is 0.679. The van der Waals surface area contributed by atoms with E-state index < -0.39 is 0 Å². The lowest BCUT2D eigenvalue weighted by Crippen LogP contribution is -2.50. The number of piperidine rings is 2. The highest BCUT2D eigenvalue weighted by atomic mass is 16.1. The molecular weight excluding hydrogens is 214 g/mol. The second kappa shape index (κ2) is 6.36. The smallest absolute Gasteiger partial charge is 0.220 e. The summed E-state index contributed by atoms with van der Waals surface area (Å²) in [7, 11) is 0. The minimum atomic E-state index is 0.199. The Hall–Kier alpha value is -0.610. The predicted molar refractivity (Wildman–Crippen MR) is 68.9 cm³/mol. The third-order valence-electron chi connectivity index (χ3n) is 3.84. The van der Waals surface area contributed by atoms with Crippen molar-refractivity contribution in [3.63, 3.8) is 0 Å². The number of carbonyl (C=O) groups is 1. The van der Waals surface area contributed by atoms with Crippen LogP contribution >= 0.6 is 0 Å². The van der Waals surface area contributed by atoms with Crippen molar-refractivity contribution in [2.45, 2.75) is 63.6 Å². The molecule has 0 radical (unpaired) electrons. The van der Waals surface area contributed by atoms with E-state index in [4.69, 9.17) is 0 Å². The van der Waals surface area contributed by atoms with E-state index in [9.17, 15) is 4.79 Å². The Morgan fingerprint density at radius 2 is 2.29 bits per heavy atom. The van der Waals surface area contributed by atoms with Crippen molar-refractivity contribution in [1.29, 1.82) is 0 Å². The van der Waals surface area contributed by atoms with Crippen LogP contribution in [0, 0.1) is 0 Å². The van der Waals surface area contributed by atoms with Crippen molar-refractivity contribution in [2.24, 2.45) is 0 Å². The van der Waals surface area contributed by atoms with E-state index in [2.05, 4.69) is 22.9 Å². The van der Waals surface area contributed by atoms with E-state index in [0.717, 1.165) is 13.0 Å². The molecule has 0 bridgehead atoms. The number of amides is 1. The van der Waals surface area contributed by atoms with E-state index in [-0.39, 0.29) is 5.91 Å². The SMILES string of the molecule is CC(CC1CCCCN1)NC1CCC(=O)NC1. The van der Waals surface area contributed by atoms with Gasteiger partial charge in [0.15, 0.2) is 0 Å². The van der Waals surface area contributed by atoms with Gasteiger partial charge in [0.25, 0.3) is 0 Å². The lowest BCUT2D eigenvalue weighted by Gasteiger charge is -2.30. The molecule has 3 N–H and O–H groups in total. The van der Waals surface area contributed by atoms with Crippen molar-refractivity contribution in [2.75, 3.05) is 13.1 Å². The van der Waals surface area contributed by atoms with Gasteiger partial charge in [-0.2, -0.15) is 0 Å². The zero-order valence-electron chi connectivity index (χ0n) is 10.8. The Balaban J connectivity index is 1.65. The van der Waals surface area contributed by atoms with Crippen LogP contribution in [-0.2, 0) is 4.79 Å². The molecule has 4 heteroatoms. The zero-order valence-corrected chi connectivity index (χ0v) is 10.8. The molecule has 2 rings (SSSR count). The van der Waals surface area contributed by atoms with Gasteiger partial charge in [-0.1, -0.05) is 6.42 Å². The molecule has 2 aliphatic rings. The van der Waals surface area contributed by atoms with Gasteiger partial charge in [0.2, 0.25) is 5.91 Å². The Kier molecular flexibility index (Phi) is 4.80. The molecule has 4 nitrogen and oxygen atoms in total. The van der Waals surface area contributed by atoms with Crippen molar-refractivity contribution >= 4 is 5.91 Å². The third-order valence-corrected chi connectivity index (χ3v) is 3.84. The van der Waals surface area contributed by atoms with Gasteiger partial charge in [-0.05, 0) is 39.2 Å². The van der Waals surface area contributed by atoms with Crippen LogP contribution in [0.4, 0.5) is 0 Å². The zero-order chi connectivity index (χ0) is 12.1. The fourth-order valence-corrected chi connectivity index (χ4v) is 2.90. The highest BCUT2D eigenvalue weighted by Crippen LogP contribution is 2.13. The van der Waals surface area contributed by atoms with E-state index in [1.807, 2.05) is 0 Å². The lowest BCUT2D eigenvalue weighted by molar-refractivity contribution is -0.122. The molecule has 2 fully saturated rings. The first-order chi connectivity index (χ1) is 8.24. The largest absolute Gasteiger partial charge is 0.355 e. The lowest BCUT2D eigenvalue weighted by atomic mass is 9.97. The van der Waals surface area contributed by atoms with Crippen LogP contribution in [0.25, 0.3) is 0 Å². The van der Waals surface area contributed by atoms with Gasteiger partial charge < -0.3 is 16.0 Å². The molecule has 3 atom stereocenters. The average molecular weight is 239 g/mol. The Labute approximate surface area is 104 Å². The average Bonchev–Trinajstić information content (AvgIpc) is 2.33. The Morgan fingerprint density at radius 3 is 2.94 bits per heavy atom. The molecule has 3 unspecified atom stereocenters. The minimum absolute atomic E-state index is 0.199. The van der Waals surface area contributed by atoms with E-state index in [0.29, 0.717) is 24.5 Å². The highest BCUT2D eigenvalue weighted by molar-refractivity contribution is 5.76. The normalized spacial score (nSPS) is 31.9. The highest BCUT2D eigenvalue weighted by Gasteiger charge is 2.21. The van der Waals surface area contributed by atoms with Gasteiger partial charge in [-0.25, -0.2) is 0 Å². The van der Waals surface area contributed by atoms with Crippen LogP contribution in [0.2, 0.25) is 0 Å². The first-order valence-corrected chi connectivity index (χ1v) is 7.00. The fourth-order valence-electron chi connectivity index (χ4n) is 2.90. The fraction of sp³-hybridized carbons (Fsp3) is 0.923. The molecule has 0 aliphatic carbocycles. The summed E-state index contributed by atoms with van der Waals surface area (Å²) in [6.45, 7) is 4.23. The molecule has 0 saturated carbocycles. The van der Waals surface area contributed by atoms with Gasteiger partial charge in [0, 0.05) is 31.1 Å². The first-order valence-electron chi connectivity index (χ1n) is 7.00. The summed E-state index contributed by atoms with van der Waals surface area (Å²) >= 11 is 0. The van der Waals surface area contributed by atoms with Crippen molar-refractivity contribution in [3.8, 4) is 0 Å². The van der Waals surface area contributed by atoms with Gasteiger partial charge >= 0.3 is 0 Å². The van der Waals surface area contributed by atoms with E-state index in [1.165, 1.54) is 32.2 Å². The summed E-state index contributed by atoms with van der Waals surface area (Å²) in [5, 5.41) is 10.1. The van der Waals surface area contributed by atoms with Gasteiger partial charge in [0.05, 0.1) is 0 Å². The molecule has 17 heavy (non-hydrogen) atoms. The van der Waals surface area contributed by atoms with Crippen LogP contribution in [0.15, 0.2) is 0 Å². The molecular formula is C13H25N3O. The molecule has 0 spiro atoms. The summed E-state index contributed by atoms with van der Waals surface area (Å²) in [5.74, 6) is 0.199. The monoisotopic (exact) mass is 239 g/mol. The van der Waals surface area contributed by atoms with Crippen LogP contribution < -0.4 is 16.0 Å². The summed E-state index contributed by atoms with van der Waals surface area (Å²) in [5.41, 5.74) is 0. The minimum Gasteiger partial charge on any atom is -0.355 e. The number of hydrogen-bond donors (Lipinski definition) is 3. The Bertz CT molecular complexity index is 241. The molecule has 2 saturated heterocycles. The number of hydrogen-bond acceptors (Lipinski definition) is 3. The Morgan fingerprint density at radius 1 is 1.41 bits per heavy atom. The first kappa shape index (κ1) is 12.8. The molecule has 1 amide bonds. The van der Waals surface area contributed by atoms with Crippen LogP contribution in [0.3, 0.4) is 0 Å². The molecule has 0 aromatic rings. The second-order valence-corrected chi connectivity index (χ2v) is 5.49. The summed E-state index contributed by atoms with van der Waals surface area (Å²) in [4.78, 5) is 11.1. The summed E-state index contributed by atoms with van der Waals surface area (Å²) in [6.07, 6.45) is 6.86. The molecule has 0 aromatic carbocycles. The summed E-state index contributed by atoms with van der Waals surface area (Å²) in [6, 6.07) is 1.68. The third kappa shape index (κ3) is 4.28. The molecule has 98 valence electrons. The maximum Gasteiger partial charge on any atom is 0.220 e. The van der Waals surface area contributed by atoms with Crippen LogP contribution in [-0.4, -0.2) is 37.1 Å². The second-order valence-electron chi connectivity index (χ2n) is 5.49. The van der Waals surface area contributed by atoms with Gasteiger partial charge in [0.1, 0.15) is 0 Å². The standard InChI is InChI=1S/C13H25N3O/c1-10(8-11-4-2-3-7-14-11)16-12-5-6-13(17)15-9-12/h10-12,14,16H,2-9H2,1H3,(H,15,17). The predicted octanol–water partition coefficient (Wildman–Crippen LogP) is 0.775. The van der Waals surface area contributed by atoms with E-state index >= 15 is 0 Å². The maximum atomic E-state index is 11.1. The molecule has 2 aliphatic heterocycles. The topological polar surface area (TPSA) is 53.2 Å². The van der Waals surface area contributed by atoms with Crippen molar-refractivity contribution in [3.05, 3.63) is 0 Å². The number of rotatable bonds is 4. The molecule has 0 aromatic heterocycles. The van der Waals surface area contributed by atoms with Gasteiger partial charge in [-0.3, -0.25) is 4.79 Å². The number of carbonyl (C=O) groups excluding carboxylic acids is 1. The molecule has 2 heterocycles. The van der Waals surface area contributed by atoms with Crippen molar-refractivity contribution < 1.29 is 4.79 Å². The number of nitrogens with one attached hydrogen (secondary N) is 3. The van der Waals surface area contributed by atoms with Crippen LogP contribution in [0.5, 0.6) is 0 Å². The maximum absolute atomic E-state index is 11.1. The van der Waals surface area contributed by atoms with E-state index in [1.54, 1.807) is 0 Å². The van der Waals surface area contributed by atoms with Gasteiger partial charge in [-0.15, -0.1) is 0 Å². The van der Waals surface area contributed by atoms with Crippen LogP contribution in [0.1, 0.15) is 45.4 Å². The van der Waals surface area contributed by atoms with Crippen molar-refractivity contribution in [1.82, 2.24) is 16.0 Å².